The van der Waals surface area contributed by atoms with Gasteiger partial charge in [-0.3, -0.25) is 0 Å². The standard InChI is InChI=1S/C13H16N4S/c14-11-1-3-12(4-2-11)16-6-8-17(9-7-16)13-15-5-10-18-13/h1-5,10H,6-9,14H2/p+1. The van der Waals surface area contributed by atoms with Gasteiger partial charge in [0.05, 0.1) is 0 Å². The van der Waals surface area contributed by atoms with Crippen molar-refractivity contribution in [3.63, 3.8) is 0 Å². The number of thiazole rings is 1. The van der Waals surface area contributed by atoms with E-state index in [-0.39, 0.29) is 0 Å². The number of hydrogen-bond acceptors (Lipinski definition) is 4. The van der Waals surface area contributed by atoms with Crippen LogP contribution in [0, 0.1) is 0 Å². The van der Waals surface area contributed by atoms with Gasteiger partial charge < -0.3 is 15.5 Å². The van der Waals surface area contributed by atoms with E-state index in [2.05, 4.69) is 44.8 Å². The molecular formula is C13H17N4S+. The Morgan fingerprint density at radius 3 is 2.28 bits per heavy atom. The van der Waals surface area contributed by atoms with Crippen LogP contribution in [-0.2, 0) is 0 Å². The van der Waals surface area contributed by atoms with Crippen molar-refractivity contribution in [1.82, 2.24) is 4.98 Å². The predicted octanol–water partition coefficient (Wildman–Crippen LogP) is 1.34. The van der Waals surface area contributed by atoms with Crippen molar-refractivity contribution in [1.29, 1.82) is 0 Å². The highest BCUT2D eigenvalue weighted by atomic mass is 32.1. The highest BCUT2D eigenvalue weighted by Crippen LogP contribution is 2.22. The van der Waals surface area contributed by atoms with Crippen molar-refractivity contribution in [3.05, 3.63) is 35.8 Å². The summed E-state index contributed by atoms with van der Waals surface area (Å²) in [6.45, 7) is 4.19. The minimum Gasteiger partial charge on any atom is -0.368 e. The van der Waals surface area contributed by atoms with Crippen LogP contribution < -0.4 is 15.5 Å². The molecule has 0 bridgehead atoms. The van der Waals surface area contributed by atoms with E-state index < -0.39 is 0 Å². The summed E-state index contributed by atoms with van der Waals surface area (Å²) in [5, 5.41) is 3.18. The summed E-state index contributed by atoms with van der Waals surface area (Å²) in [5.74, 6) is 0. The Bertz CT molecular complexity index is 486. The number of rotatable bonds is 2. The third-order valence-electron chi connectivity index (χ3n) is 3.27. The van der Waals surface area contributed by atoms with Crippen molar-refractivity contribution in [2.45, 2.75) is 0 Å². The molecule has 0 amide bonds. The largest absolute Gasteiger partial charge is 0.368 e. The van der Waals surface area contributed by atoms with Gasteiger partial charge in [-0.15, -0.1) is 11.3 Å². The number of aromatic nitrogens is 1. The molecule has 1 aromatic heterocycles. The van der Waals surface area contributed by atoms with Crippen LogP contribution in [0.3, 0.4) is 0 Å². The van der Waals surface area contributed by atoms with Crippen molar-refractivity contribution in [2.75, 3.05) is 36.0 Å². The molecule has 1 aromatic carbocycles. The van der Waals surface area contributed by atoms with Crippen LogP contribution in [0.15, 0.2) is 35.8 Å². The predicted molar refractivity (Wildman–Crippen MR) is 75.5 cm³/mol. The maximum absolute atomic E-state index is 4.37. The van der Waals surface area contributed by atoms with E-state index in [0.29, 0.717) is 0 Å². The van der Waals surface area contributed by atoms with E-state index in [1.807, 2.05) is 11.6 Å². The quantitative estimate of drug-likeness (QED) is 0.887. The summed E-state index contributed by atoms with van der Waals surface area (Å²) in [6, 6.07) is 8.45. The van der Waals surface area contributed by atoms with Gasteiger partial charge in [-0.25, -0.2) is 4.98 Å². The summed E-state index contributed by atoms with van der Waals surface area (Å²) >= 11 is 1.72. The minimum atomic E-state index is 1.04. The molecule has 0 atom stereocenters. The van der Waals surface area contributed by atoms with E-state index in [0.717, 1.165) is 37.0 Å². The van der Waals surface area contributed by atoms with Gasteiger partial charge in [0.2, 0.25) is 0 Å². The Balaban J connectivity index is 1.65. The number of quaternary nitrogens is 1. The van der Waals surface area contributed by atoms with Crippen LogP contribution >= 0.6 is 11.3 Å². The SMILES string of the molecule is [NH3+]c1ccc(N2CCN(c3nccs3)CC2)cc1. The molecule has 3 rings (SSSR count). The van der Waals surface area contributed by atoms with E-state index in [1.165, 1.54) is 5.69 Å². The van der Waals surface area contributed by atoms with E-state index in [9.17, 15) is 0 Å². The summed E-state index contributed by atoms with van der Waals surface area (Å²) < 4.78 is 0. The molecule has 1 fully saturated rings. The molecule has 0 aliphatic carbocycles. The van der Waals surface area contributed by atoms with Crippen LogP contribution in [0.1, 0.15) is 0 Å². The smallest absolute Gasteiger partial charge is 0.185 e. The molecular weight excluding hydrogens is 244 g/mol. The first-order chi connectivity index (χ1) is 8.83. The van der Waals surface area contributed by atoms with Crippen LogP contribution in [0.5, 0.6) is 0 Å². The topological polar surface area (TPSA) is 47.0 Å². The average molecular weight is 261 g/mol. The van der Waals surface area contributed by atoms with Crippen LogP contribution in [0.4, 0.5) is 16.5 Å². The van der Waals surface area contributed by atoms with Crippen molar-refractivity contribution in [3.8, 4) is 0 Å². The van der Waals surface area contributed by atoms with Crippen LogP contribution in [-0.4, -0.2) is 31.2 Å². The molecule has 5 heteroatoms. The Hall–Kier alpha value is -1.59. The Morgan fingerprint density at radius 2 is 1.67 bits per heavy atom. The van der Waals surface area contributed by atoms with Gasteiger partial charge in [0, 0.05) is 55.6 Å². The molecule has 0 spiro atoms. The second-order valence-corrected chi connectivity index (χ2v) is 5.33. The summed E-state index contributed by atoms with van der Waals surface area (Å²) in [7, 11) is 0. The zero-order chi connectivity index (χ0) is 12.4. The minimum absolute atomic E-state index is 1.04. The molecule has 2 heterocycles. The third-order valence-corrected chi connectivity index (χ3v) is 4.10. The molecule has 1 aliphatic rings. The normalized spacial score (nSPS) is 16.1. The van der Waals surface area contributed by atoms with Gasteiger partial charge in [-0.05, 0) is 12.1 Å². The molecule has 2 aromatic rings. The van der Waals surface area contributed by atoms with Crippen LogP contribution in [0.2, 0.25) is 0 Å². The summed E-state index contributed by atoms with van der Waals surface area (Å²) in [6.07, 6.45) is 1.87. The first kappa shape index (κ1) is 11.5. The van der Waals surface area contributed by atoms with Crippen molar-refractivity contribution in [2.24, 2.45) is 0 Å². The highest BCUT2D eigenvalue weighted by Gasteiger charge is 2.18. The maximum Gasteiger partial charge on any atom is 0.185 e. The van der Waals surface area contributed by atoms with Gasteiger partial charge in [0.1, 0.15) is 5.69 Å². The second kappa shape index (κ2) is 4.96. The number of benzene rings is 1. The fourth-order valence-corrected chi connectivity index (χ4v) is 2.93. The number of nitrogens with zero attached hydrogens (tertiary/aromatic N) is 3. The Morgan fingerprint density at radius 1 is 1.00 bits per heavy atom. The summed E-state index contributed by atoms with van der Waals surface area (Å²) in [5.41, 5.74) is 6.28. The lowest BCUT2D eigenvalue weighted by Gasteiger charge is -2.35. The first-order valence-electron chi connectivity index (χ1n) is 6.14. The molecule has 0 radical (unpaired) electrons. The lowest BCUT2D eigenvalue weighted by molar-refractivity contribution is -0.254. The zero-order valence-electron chi connectivity index (χ0n) is 10.2. The monoisotopic (exact) mass is 261 g/mol. The fraction of sp³-hybridized carbons (Fsp3) is 0.308. The molecule has 4 nitrogen and oxygen atoms in total. The summed E-state index contributed by atoms with van der Waals surface area (Å²) in [4.78, 5) is 9.15. The first-order valence-corrected chi connectivity index (χ1v) is 7.02. The molecule has 18 heavy (non-hydrogen) atoms. The average Bonchev–Trinajstić information content (AvgIpc) is 2.94. The molecule has 94 valence electrons. The Labute approximate surface area is 111 Å². The number of piperazine rings is 1. The maximum atomic E-state index is 4.37. The van der Waals surface area contributed by atoms with E-state index in [4.69, 9.17) is 0 Å². The number of anilines is 2. The van der Waals surface area contributed by atoms with Crippen LogP contribution in [0.25, 0.3) is 0 Å². The molecule has 0 saturated carbocycles. The molecule has 3 N–H and O–H groups in total. The zero-order valence-corrected chi connectivity index (χ0v) is 11.1. The molecule has 1 saturated heterocycles. The van der Waals surface area contributed by atoms with Gasteiger partial charge in [-0.1, -0.05) is 0 Å². The second-order valence-electron chi connectivity index (χ2n) is 4.46. The van der Waals surface area contributed by atoms with Gasteiger partial charge in [0.25, 0.3) is 0 Å². The third kappa shape index (κ3) is 2.32. The highest BCUT2D eigenvalue weighted by molar-refractivity contribution is 7.13. The number of hydrogen-bond donors (Lipinski definition) is 1. The van der Waals surface area contributed by atoms with Crippen molar-refractivity contribution >= 4 is 27.8 Å². The van der Waals surface area contributed by atoms with Gasteiger partial charge >= 0.3 is 0 Å². The van der Waals surface area contributed by atoms with E-state index >= 15 is 0 Å². The molecule has 0 unspecified atom stereocenters. The lowest BCUT2D eigenvalue weighted by atomic mass is 10.2. The Kier molecular flexibility index (Phi) is 3.17. The van der Waals surface area contributed by atoms with Gasteiger partial charge in [0.15, 0.2) is 5.13 Å². The van der Waals surface area contributed by atoms with Gasteiger partial charge in [-0.2, -0.15) is 0 Å². The molecule has 1 aliphatic heterocycles. The van der Waals surface area contributed by atoms with E-state index in [1.54, 1.807) is 11.3 Å². The fourth-order valence-electron chi connectivity index (χ4n) is 2.23. The lowest BCUT2D eigenvalue weighted by Crippen LogP contribution is -2.46. The van der Waals surface area contributed by atoms with Crippen molar-refractivity contribution < 1.29 is 5.73 Å².